The molecule has 0 radical (unpaired) electrons. The number of halogens is 1. The van der Waals surface area contributed by atoms with Gasteiger partial charge in [0.05, 0.1) is 6.04 Å². The van der Waals surface area contributed by atoms with Crippen molar-refractivity contribution >= 4 is 11.6 Å². The number of ether oxygens (including phenoxy) is 1. The first-order chi connectivity index (χ1) is 10.1. The summed E-state index contributed by atoms with van der Waals surface area (Å²) in [4.78, 5) is 4.31. The van der Waals surface area contributed by atoms with Crippen LogP contribution in [0.1, 0.15) is 19.7 Å². The van der Waals surface area contributed by atoms with E-state index in [0.717, 1.165) is 24.5 Å². The van der Waals surface area contributed by atoms with Gasteiger partial charge in [0.2, 0.25) is 0 Å². The molecule has 1 aromatic heterocycles. The van der Waals surface area contributed by atoms with Crippen LogP contribution in [-0.2, 0) is 13.0 Å². The van der Waals surface area contributed by atoms with Gasteiger partial charge in [-0.2, -0.15) is 5.10 Å². The van der Waals surface area contributed by atoms with Crippen LogP contribution in [0.25, 0.3) is 0 Å². The summed E-state index contributed by atoms with van der Waals surface area (Å²) in [5, 5.41) is 8.16. The molecule has 0 amide bonds. The molecule has 5 nitrogen and oxygen atoms in total. The Morgan fingerprint density at radius 3 is 2.90 bits per heavy atom. The highest BCUT2D eigenvalue weighted by Crippen LogP contribution is 2.19. The lowest BCUT2D eigenvalue weighted by molar-refractivity contribution is 0.172. The molecule has 2 aromatic rings. The molecular formula is C15H21ClN4O. The molecular weight excluding hydrogens is 288 g/mol. The molecule has 2 unspecified atom stereocenters. The molecule has 0 saturated heterocycles. The van der Waals surface area contributed by atoms with E-state index in [1.807, 2.05) is 42.9 Å². The summed E-state index contributed by atoms with van der Waals surface area (Å²) < 4.78 is 7.87. The second-order valence-corrected chi connectivity index (χ2v) is 5.31. The monoisotopic (exact) mass is 308 g/mol. The quantitative estimate of drug-likeness (QED) is 0.854. The smallest absolute Gasteiger partial charge is 0.138 e. The van der Waals surface area contributed by atoms with Crippen LogP contribution >= 0.6 is 11.6 Å². The maximum absolute atomic E-state index is 5.98. The first kappa shape index (κ1) is 15.8. The van der Waals surface area contributed by atoms with Crippen LogP contribution in [0.4, 0.5) is 0 Å². The van der Waals surface area contributed by atoms with Crippen molar-refractivity contribution in [2.75, 3.05) is 7.05 Å². The van der Waals surface area contributed by atoms with Gasteiger partial charge in [-0.25, -0.2) is 4.98 Å². The fraction of sp³-hybridized carbons (Fsp3) is 0.467. The number of likely N-dealkylation sites (N-methyl/N-ethyl adjacent to an activating group) is 1. The van der Waals surface area contributed by atoms with Crippen LogP contribution < -0.4 is 10.1 Å². The third-order valence-corrected chi connectivity index (χ3v) is 3.69. The zero-order valence-corrected chi connectivity index (χ0v) is 13.3. The molecule has 114 valence electrons. The largest absolute Gasteiger partial charge is 0.489 e. The Morgan fingerprint density at radius 2 is 2.24 bits per heavy atom. The molecule has 0 aliphatic heterocycles. The highest BCUT2D eigenvalue weighted by atomic mass is 35.5. The number of benzene rings is 1. The summed E-state index contributed by atoms with van der Waals surface area (Å²) in [6.45, 7) is 4.91. The van der Waals surface area contributed by atoms with E-state index in [9.17, 15) is 0 Å². The van der Waals surface area contributed by atoms with Crippen molar-refractivity contribution in [1.82, 2.24) is 20.1 Å². The predicted molar refractivity (Wildman–Crippen MR) is 83.8 cm³/mol. The summed E-state index contributed by atoms with van der Waals surface area (Å²) in [6, 6.07) is 7.58. The molecule has 0 saturated carbocycles. The van der Waals surface area contributed by atoms with Gasteiger partial charge in [-0.15, -0.1) is 0 Å². The van der Waals surface area contributed by atoms with Gasteiger partial charge in [0.1, 0.15) is 24.0 Å². The molecule has 0 aliphatic rings. The van der Waals surface area contributed by atoms with Crippen molar-refractivity contribution in [2.24, 2.45) is 0 Å². The van der Waals surface area contributed by atoms with Gasteiger partial charge in [0.15, 0.2) is 0 Å². The first-order valence-corrected chi connectivity index (χ1v) is 7.48. The van der Waals surface area contributed by atoms with Crippen molar-refractivity contribution in [1.29, 1.82) is 0 Å². The highest BCUT2D eigenvalue weighted by molar-refractivity contribution is 6.30. The van der Waals surface area contributed by atoms with Crippen molar-refractivity contribution < 1.29 is 4.74 Å². The third-order valence-electron chi connectivity index (χ3n) is 3.45. The number of hydrogen-bond acceptors (Lipinski definition) is 4. The van der Waals surface area contributed by atoms with Gasteiger partial charge in [-0.05, 0) is 39.1 Å². The van der Waals surface area contributed by atoms with Crippen LogP contribution in [0, 0.1) is 0 Å². The van der Waals surface area contributed by atoms with Gasteiger partial charge >= 0.3 is 0 Å². The fourth-order valence-electron chi connectivity index (χ4n) is 2.25. The Morgan fingerprint density at radius 1 is 1.43 bits per heavy atom. The molecule has 1 aromatic carbocycles. The lowest BCUT2D eigenvalue weighted by Gasteiger charge is -2.24. The van der Waals surface area contributed by atoms with E-state index in [2.05, 4.69) is 22.3 Å². The SMILES string of the molecule is CCn1ncnc1CC(NC)C(C)Oc1cccc(Cl)c1. The second-order valence-electron chi connectivity index (χ2n) is 4.87. The zero-order valence-electron chi connectivity index (χ0n) is 12.6. The molecule has 0 fully saturated rings. The van der Waals surface area contributed by atoms with E-state index in [1.54, 1.807) is 6.33 Å². The standard InChI is InChI=1S/C15H21ClN4O/c1-4-20-15(18-10-19-20)9-14(17-3)11(2)21-13-7-5-6-12(16)8-13/h5-8,10-11,14,17H,4,9H2,1-3H3. The Bertz CT molecular complexity index is 572. The Labute approximate surface area is 130 Å². The minimum Gasteiger partial charge on any atom is -0.489 e. The second kappa shape index (κ2) is 7.43. The van der Waals surface area contributed by atoms with Crippen LogP contribution in [0.2, 0.25) is 5.02 Å². The molecule has 1 heterocycles. The summed E-state index contributed by atoms with van der Waals surface area (Å²) in [7, 11) is 1.93. The topological polar surface area (TPSA) is 52.0 Å². The maximum Gasteiger partial charge on any atom is 0.138 e. The average molecular weight is 309 g/mol. The van der Waals surface area contributed by atoms with E-state index in [1.165, 1.54) is 0 Å². The highest BCUT2D eigenvalue weighted by Gasteiger charge is 2.20. The number of rotatable bonds is 7. The fourth-order valence-corrected chi connectivity index (χ4v) is 2.43. The third kappa shape index (κ3) is 4.19. The van der Waals surface area contributed by atoms with Gasteiger partial charge < -0.3 is 10.1 Å². The number of aromatic nitrogens is 3. The minimum absolute atomic E-state index is 0.0181. The maximum atomic E-state index is 5.98. The van der Waals surface area contributed by atoms with Crippen LogP contribution in [0.3, 0.4) is 0 Å². The first-order valence-electron chi connectivity index (χ1n) is 7.10. The van der Waals surface area contributed by atoms with Crippen molar-refractivity contribution in [3.63, 3.8) is 0 Å². The van der Waals surface area contributed by atoms with E-state index >= 15 is 0 Å². The Balaban J connectivity index is 2.03. The van der Waals surface area contributed by atoms with Gasteiger partial charge in [-0.3, -0.25) is 4.68 Å². The average Bonchev–Trinajstić information content (AvgIpc) is 2.91. The molecule has 2 rings (SSSR count). The molecule has 2 atom stereocenters. The van der Waals surface area contributed by atoms with Crippen molar-refractivity contribution in [3.8, 4) is 5.75 Å². The summed E-state index contributed by atoms with van der Waals surface area (Å²) in [5.74, 6) is 1.73. The lowest BCUT2D eigenvalue weighted by Crippen LogP contribution is -2.41. The molecule has 21 heavy (non-hydrogen) atoms. The van der Waals surface area contributed by atoms with E-state index in [4.69, 9.17) is 16.3 Å². The van der Waals surface area contributed by atoms with E-state index in [-0.39, 0.29) is 12.1 Å². The zero-order chi connectivity index (χ0) is 15.2. The van der Waals surface area contributed by atoms with Crippen LogP contribution in [0.5, 0.6) is 5.75 Å². The van der Waals surface area contributed by atoms with Crippen molar-refractivity contribution in [2.45, 2.75) is 39.0 Å². The van der Waals surface area contributed by atoms with Crippen LogP contribution in [-0.4, -0.2) is 34.0 Å². The molecule has 0 bridgehead atoms. The minimum atomic E-state index is -0.0181. The number of hydrogen-bond donors (Lipinski definition) is 1. The van der Waals surface area contributed by atoms with Crippen molar-refractivity contribution in [3.05, 3.63) is 41.4 Å². The number of nitrogens with zero attached hydrogens (tertiary/aromatic N) is 3. The number of aryl methyl sites for hydroxylation is 1. The Hall–Kier alpha value is -1.59. The molecule has 0 aliphatic carbocycles. The Kier molecular flexibility index (Phi) is 5.59. The van der Waals surface area contributed by atoms with Crippen LogP contribution in [0.15, 0.2) is 30.6 Å². The van der Waals surface area contributed by atoms with Gasteiger partial charge in [0.25, 0.3) is 0 Å². The van der Waals surface area contributed by atoms with E-state index in [0.29, 0.717) is 5.02 Å². The van der Waals surface area contributed by atoms with E-state index < -0.39 is 0 Å². The summed E-state index contributed by atoms with van der Waals surface area (Å²) >= 11 is 5.98. The summed E-state index contributed by atoms with van der Waals surface area (Å²) in [6.07, 6.45) is 2.33. The molecule has 1 N–H and O–H groups in total. The lowest BCUT2D eigenvalue weighted by atomic mass is 10.1. The molecule has 6 heteroatoms. The van der Waals surface area contributed by atoms with Gasteiger partial charge in [-0.1, -0.05) is 17.7 Å². The summed E-state index contributed by atoms with van der Waals surface area (Å²) in [5.41, 5.74) is 0. The molecule has 0 spiro atoms. The predicted octanol–water partition coefficient (Wildman–Crippen LogP) is 2.55. The normalized spacial score (nSPS) is 13.9. The van der Waals surface area contributed by atoms with Gasteiger partial charge in [0, 0.05) is 18.0 Å². The number of nitrogens with one attached hydrogen (secondary N) is 1.